The van der Waals surface area contributed by atoms with Crippen LogP contribution in [-0.2, 0) is 0 Å². The average molecular weight is 285 g/mol. The molecular weight excluding hydrogens is 277 g/mol. The third-order valence-electron chi connectivity index (χ3n) is 1.86. The number of fused-ring (bicyclic) bond motifs is 1. The van der Waals surface area contributed by atoms with E-state index in [-0.39, 0.29) is 0 Å². The molecule has 0 saturated carbocycles. The highest BCUT2D eigenvalue weighted by atomic mass is 79.9. The molecule has 0 radical (unpaired) electrons. The number of H-pyrrole nitrogens is 1. The van der Waals surface area contributed by atoms with Gasteiger partial charge in [-0.15, -0.1) is 0 Å². The molecule has 1 N–H and O–H groups in total. The lowest BCUT2D eigenvalue weighted by Gasteiger charge is -1.90. The molecule has 76 valence electrons. The molecule has 2 aromatic rings. The number of hydrogen-bond donors (Lipinski definition) is 1. The Hall–Kier alpha value is -1.05. The summed E-state index contributed by atoms with van der Waals surface area (Å²) in [6.07, 6.45) is 4.05. The van der Waals surface area contributed by atoms with Gasteiger partial charge in [0, 0.05) is 17.9 Å². The number of rotatable bonds is 1. The van der Waals surface area contributed by atoms with Gasteiger partial charge in [-0.05, 0) is 0 Å². The fourth-order valence-corrected chi connectivity index (χ4v) is 1.60. The fraction of sp³-hybridized carbons (Fsp3) is 0.200. The van der Waals surface area contributed by atoms with Gasteiger partial charge in [0.25, 0.3) is 0 Å². The van der Waals surface area contributed by atoms with Crippen molar-refractivity contribution in [2.75, 3.05) is 5.33 Å². The number of nitrogens with one attached hydrogen (secondary N) is 1. The lowest BCUT2D eigenvalue weighted by Crippen LogP contribution is -1.82. The zero-order valence-corrected chi connectivity index (χ0v) is 10.1. The summed E-state index contributed by atoms with van der Waals surface area (Å²) in [5.41, 5.74) is 2.37. The maximum absolute atomic E-state index is 5.89. The molecule has 0 unspecified atom stereocenters. The van der Waals surface area contributed by atoms with Gasteiger partial charge >= 0.3 is 0 Å². The van der Waals surface area contributed by atoms with Crippen LogP contribution in [0.2, 0.25) is 5.15 Å². The molecular formula is C10H7BrClN3. The minimum Gasteiger partial charge on any atom is -0.356 e. The van der Waals surface area contributed by atoms with Crippen LogP contribution < -0.4 is 0 Å². The Morgan fingerprint density at radius 2 is 2.33 bits per heavy atom. The summed E-state index contributed by atoms with van der Waals surface area (Å²) in [4.78, 5) is 11.0. The molecule has 15 heavy (non-hydrogen) atoms. The second kappa shape index (κ2) is 4.65. The molecule has 0 spiro atoms. The largest absolute Gasteiger partial charge is 0.356 e. The van der Waals surface area contributed by atoms with Crippen molar-refractivity contribution >= 4 is 38.6 Å². The van der Waals surface area contributed by atoms with Crippen LogP contribution >= 0.6 is 27.5 Å². The zero-order valence-electron chi connectivity index (χ0n) is 7.72. The highest BCUT2D eigenvalue weighted by Gasteiger charge is 2.05. The van der Waals surface area contributed by atoms with Crippen LogP contribution in [0.3, 0.4) is 0 Å². The molecule has 5 heteroatoms. The molecule has 3 nitrogen and oxygen atoms in total. The van der Waals surface area contributed by atoms with Gasteiger partial charge in [0.15, 0.2) is 5.15 Å². The topological polar surface area (TPSA) is 41.6 Å². The average Bonchev–Trinajstić information content (AvgIpc) is 2.64. The lowest BCUT2D eigenvalue weighted by atomic mass is 10.3. The molecule has 0 aliphatic carbocycles. The Morgan fingerprint density at radius 1 is 1.47 bits per heavy atom. The van der Waals surface area contributed by atoms with Gasteiger partial charge in [0.2, 0.25) is 0 Å². The number of aromatic amines is 1. The predicted octanol–water partition coefficient (Wildman–Crippen LogP) is 2.75. The van der Waals surface area contributed by atoms with Gasteiger partial charge in [-0.3, -0.25) is 0 Å². The second-order valence-corrected chi connectivity index (χ2v) is 3.98. The van der Waals surface area contributed by atoms with Crippen LogP contribution in [-0.4, -0.2) is 20.3 Å². The summed E-state index contributed by atoms with van der Waals surface area (Å²) in [6.45, 7) is 0. The van der Waals surface area contributed by atoms with E-state index in [4.69, 9.17) is 11.6 Å². The molecule has 2 aromatic heterocycles. The third-order valence-corrected chi connectivity index (χ3v) is 2.54. The van der Waals surface area contributed by atoms with Gasteiger partial charge in [0.05, 0.1) is 5.56 Å². The van der Waals surface area contributed by atoms with Crippen molar-refractivity contribution < 1.29 is 0 Å². The Morgan fingerprint density at radius 3 is 3.13 bits per heavy atom. The Labute approximate surface area is 100 Å². The summed E-state index contributed by atoms with van der Waals surface area (Å²) in [6, 6.07) is 0. The molecule has 2 heterocycles. The molecule has 2 rings (SSSR count). The van der Waals surface area contributed by atoms with Crippen molar-refractivity contribution in [3.63, 3.8) is 0 Å². The molecule has 0 aliphatic heterocycles. The summed E-state index contributed by atoms with van der Waals surface area (Å²) in [7, 11) is 0. The SMILES string of the molecule is Clc1ncnc2c(C#CCCBr)c[nH]c12. The Balaban J connectivity index is 2.47. The van der Waals surface area contributed by atoms with Crippen molar-refractivity contribution in [2.24, 2.45) is 0 Å². The first-order valence-electron chi connectivity index (χ1n) is 4.35. The summed E-state index contributed by atoms with van der Waals surface area (Å²) >= 11 is 9.21. The van der Waals surface area contributed by atoms with Crippen LogP contribution in [0.1, 0.15) is 12.0 Å². The molecule has 0 aliphatic rings. The molecule has 0 aromatic carbocycles. The minimum absolute atomic E-state index is 0.425. The fourth-order valence-electron chi connectivity index (χ4n) is 1.21. The summed E-state index contributed by atoms with van der Waals surface area (Å²) in [5.74, 6) is 6.06. The zero-order chi connectivity index (χ0) is 10.7. The van der Waals surface area contributed by atoms with E-state index in [1.165, 1.54) is 6.33 Å². The normalized spacial score (nSPS) is 10.0. The van der Waals surface area contributed by atoms with Crippen LogP contribution in [0.5, 0.6) is 0 Å². The number of aromatic nitrogens is 3. The van der Waals surface area contributed by atoms with Gasteiger partial charge in [-0.2, -0.15) is 0 Å². The summed E-state index contributed by atoms with van der Waals surface area (Å²) < 4.78 is 0. The monoisotopic (exact) mass is 283 g/mol. The molecule has 0 fully saturated rings. The van der Waals surface area contributed by atoms with Crippen molar-refractivity contribution in [3.05, 3.63) is 23.2 Å². The van der Waals surface area contributed by atoms with Crippen molar-refractivity contribution in [3.8, 4) is 11.8 Å². The highest BCUT2D eigenvalue weighted by Crippen LogP contribution is 2.20. The first-order chi connectivity index (χ1) is 7.33. The highest BCUT2D eigenvalue weighted by molar-refractivity contribution is 9.09. The van der Waals surface area contributed by atoms with E-state index < -0.39 is 0 Å². The maximum atomic E-state index is 5.89. The second-order valence-electron chi connectivity index (χ2n) is 2.83. The Bertz CT molecular complexity index is 538. The maximum Gasteiger partial charge on any atom is 0.156 e. The number of alkyl halides is 1. The number of halogens is 2. The van der Waals surface area contributed by atoms with E-state index in [0.717, 1.165) is 28.3 Å². The molecule has 0 bridgehead atoms. The van der Waals surface area contributed by atoms with Crippen LogP contribution in [0.4, 0.5) is 0 Å². The van der Waals surface area contributed by atoms with E-state index >= 15 is 0 Å². The van der Waals surface area contributed by atoms with Crippen LogP contribution in [0, 0.1) is 11.8 Å². The van der Waals surface area contributed by atoms with E-state index in [9.17, 15) is 0 Å². The summed E-state index contributed by atoms with van der Waals surface area (Å²) in [5, 5.41) is 1.30. The van der Waals surface area contributed by atoms with Crippen LogP contribution in [0.25, 0.3) is 11.0 Å². The predicted molar refractivity (Wildman–Crippen MR) is 64.2 cm³/mol. The lowest BCUT2D eigenvalue weighted by molar-refractivity contribution is 1.22. The van der Waals surface area contributed by atoms with E-state index in [0.29, 0.717) is 5.15 Å². The van der Waals surface area contributed by atoms with Crippen molar-refractivity contribution in [1.29, 1.82) is 0 Å². The first kappa shape index (κ1) is 10.5. The standard InChI is InChI=1S/C10H7BrClN3/c11-4-2-1-3-7-5-13-9-8(7)14-6-15-10(9)12/h5-6,13H,2,4H2. The van der Waals surface area contributed by atoms with Gasteiger partial charge in [0.1, 0.15) is 17.4 Å². The quantitative estimate of drug-likeness (QED) is 0.497. The van der Waals surface area contributed by atoms with E-state index in [1.807, 2.05) is 0 Å². The Kier molecular flexibility index (Phi) is 3.24. The van der Waals surface area contributed by atoms with Gasteiger partial charge in [-0.1, -0.05) is 39.4 Å². The van der Waals surface area contributed by atoms with Crippen LogP contribution in [0.15, 0.2) is 12.5 Å². The van der Waals surface area contributed by atoms with Crippen molar-refractivity contribution in [2.45, 2.75) is 6.42 Å². The minimum atomic E-state index is 0.425. The first-order valence-corrected chi connectivity index (χ1v) is 5.85. The van der Waals surface area contributed by atoms with E-state index in [2.05, 4.69) is 42.7 Å². The third kappa shape index (κ3) is 2.14. The molecule has 0 saturated heterocycles. The van der Waals surface area contributed by atoms with Crippen molar-refractivity contribution in [1.82, 2.24) is 15.0 Å². The number of nitrogens with zero attached hydrogens (tertiary/aromatic N) is 2. The smallest absolute Gasteiger partial charge is 0.156 e. The van der Waals surface area contributed by atoms with Gasteiger partial charge < -0.3 is 4.98 Å². The molecule has 0 amide bonds. The van der Waals surface area contributed by atoms with E-state index in [1.54, 1.807) is 6.20 Å². The van der Waals surface area contributed by atoms with Gasteiger partial charge in [-0.25, -0.2) is 9.97 Å². The molecule has 0 atom stereocenters. The number of hydrogen-bond acceptors (Lipinski definition) is 2.